The highest BCUT2D eigenvalue weighted by Crippen LogP contribution is 2.40. The lowest BCUT2D eigenvalue weighted by Gasteiger charge is -2.39. The lowest BCUT2D eigenvalue weighted by atomic mass is 9.67. The molecule has 67 valence electrons. The lowest BCUT2D eigenvalue weighted by Crippen LogP contribution is -2.36. The summed E-state index contributed by atoms with van der Waals surface area (Å²) in [5, 5.41) is 0. The van der Waals surface area contributed by atoms with Gasteiger partial charge in [-0.15, -0.1) is 0 Å². The molecule has 0 atom stereocenters. The van der Waals surface area contributed by atoms with E-state index < -0.39 is 0 Å². The van der Waals surface area contributed by atoms with Gasteiger partial charge in [-0.2, -0.15) is 0 Å². The minimum atomic E-state index is 0.243. The first-order valence-electron chi connectivity index (χ1n) is 4.26. The summed E-state index contributed by atoms with van der Waals surface area (Å²) in [6, 6.07) is 0. The van der Waals surface area contributed by atoms with Crippen molar-refractivity contribution < 1.29 is 0 Å². The molecule has 0 amide bonds. The monoisotopic (exact) mass is 156 g/mol. The fraction of sp³-hybridized carbons (Fsp3) is 0.900. The molecule has 0 aliphatic rings. The minimum absolute atomic E-state index is 0.243. The van der Waals surface area contributed by atoms with Gasteiger partial charge in [-0.1, -0.05) is 41.5 Å². The number of rotatable bonds is 1. The van der Waals surface area contributed by atoms with Crippen molar-refractivity contribution in [3.05, 3.63) is 5.92 Å². The van der Waals surface area contributed by atoms with Crippen molar-refractivity contribution in [1.29, 1.82) is 0 Å². The van der Waals surface area contributed by atoms with Crippen LogP contribution in [0.2, 0.25) is 0 Å². The van der Waals surface area contributed by atoms with E-state index in [1.165, 1.54) is 5.92 Å². The van der Waals surface area contributed by atoms with E-state index in [4.69, 9.17) is 5.73 Å². The van der Waals surface area contributed by atoms with Crippen molar-refractivity contribution in [2.75, 3.05) is 6.54 Å². The van der Waals surface area contributed by atoms with Crippen molar-refractivity contribution in [2.24, 2.45) is 16.6 Å². The molecule has 0 aromatic carbocycles. The molecule has 11 heavy (non-hydrogen) atoms. The molecule has 0 aliphatic heterocycles. The van der Waals surface area contributed by atoms with Crippen molar-refractivity contribution in [3.8, 4) is 0 Å². The van der Waals surface area contributed by atoms with Crippen LogP contribution in [0.4, 0.5) is 0 Å². The zero-order valence-electron chi connectivity index (χ0n) is 8.78. The molecular weight excluding hydrogens is 134 g/mol. The molecule has 0 unspecified atom stereocenters. The van der Waals surface area contributed by atoms with Crippen LogP contribution in [-0.4, -0.2) is 6.54 Å². The molecule has 1 radical (unpaired) electrons. The topological polar surface area (TPSA) is 26.0 Å². The highest BCUT2D eigenvalue weighted by atomic mass is 14.6. The molecule has 0 bridgehead atoms. The molecule has 0 saturated carbocycles. The molecule has 1 nitrogen and oxygen atoms in total. The predicted octanol–water partition coefficient (Wildman–Crippen LogP) is 2.61. The Morgan fingerprint density at radius 1 is 0.909 bits per heavy atom. The van der Waals surface area contributed by atoms with Gasteiger partial charge in [0.05, 0.1) is 0 Å². The summed E-state index contributed by atoms with van der Waals surface area (Å²) < 4.78 is 0. The van der Waals surface area contributed by atoms with Gasteiger partial charge in [0.2, 0.25) is 0 Å². The Labute approximate surface area is 71.4 Å². The Kier molecular flexibility index (Phi) is 3.13. The van der Waals surface area contributed by atoms with E-state index in [9.17, 15) is 0 Å². The van der Waals surface area contributed by atoms with Gasteiger partial charge >= 0.3 is 0 Å². The van der Waals surface area contributed by atoms with Gasteiger partial charge < -0.3 is 5.73 Å². The van der Waals surface area contributed by atoms with Crippen LogP contribution in [0.3, 0.4) is 0 Å². The summed E-state index contributed by atoms with van der Waals surface area (Å²) in [4.78, 5) is 0. The minimum Gasteiger partial charge on any atom is -0.330 e. The first-order chi connectivity index (χ1) is 4.69. The predicted molar refractivity (Wildman–Crippen MR) is 51.2 cm³/mol. The lowest BCUT2D eigenvalue weighted by molar-refractivity contribution is 0.276. The molecule has 0 heterocycles. The van der Waals surface area contributed by atoms with Crippen molar-refractivity contribution in [2.45, 2.75) is 41.5 Å². The quantitative estimate of drug-likeness (QED) is 0.620. The van der Waals surface area contributed by atoms with Gasteiger partial charge in [0.1, 0.15) is 0 Å². The summed E-state index contributed by atoms with van der Waals surface area (Å²) in [7, 11) is 0. The van der Waals surface area contributed by atoms with E-state index in [-0.39, 0.29) is 10.8 Å². The number of nitrogens with two attached hydrogens (primary N) is 1. The van der Waals surface area contributed by atoms with E-state index >= 15 is 0 Å². The van der Waals surface area contributed by atoms with Crippen molar-refractivity contribution >= 4 is 0 Å². The fourth-order valence-electron chi connectivity index (χ4n) is 1.74. The van der Waals surface area contributed by atoms with Gasteiger partial charge in [0.15, 0.2) is 0 Å². The molecule has 0 aliphatic carbocycles. The third kappa shape index (κ3) is 3.24. The second kappa shape index (κ2) is 3.14. The van der Waals surface area contributed by atoms with Gasteiger partial charge in [-0.05, 0) is 17.4 Å². The summed E-state index contributed by atoms with van der Waals surface area (Å²) in [6.07, 6.45) is 0. The van der Waals surface area contributed by atoms with E-state index in [1.54, 1.807) is 0 Å². The molecule has 0 aromatic heterocycles. The summed E-state index contributed by atoms with van der Waals surface area (Å²) in [5.74, 6) is 1.44. The van der Waals surface area contributed by atoms with Gasteiger partial charge in [0.25, 0.3) is 0 Å². The maximum absolute atomic E-state index is 5.71. The fourth-order valence-corrected chi connectivity index (χ4v) is 1.74. The molecule has 0 rings (SSSR count). The maximum atomic E-state index is 5.71. The third-order valence-corrected chi connectivity index (χ3v) is 2.01. The Balaban J connectivity index is 4.43. The zero-order chi connectivity index (χ0) is 9.28. The average Bonchev–Trinajstić information content (AvgIpc) is 1.56. The smallest absolute Gasteiger partial charge is 0.0000844 e. The molecule has 0 saturated heterocycles. The second-order valence-electron chi connectivity index (χ2n) is 5.18. The Bertz CT molecular complexity index is 99.8. The van der Waals surface area contributed by atoms with Crippen LogP contribution in [0.15, 0.2) is 0 Å². The van der Waals surface area contributed by atoms with Gasteiger partial charge in [-0.3, -0.25) is 0 Å². The molecule has 0 spiro atoms. The van der Waals surface area contributed by atoms with Crippen molar-refractivity contribution in [1.82, 2.24) is 0 Å². The zero-order valence-corrected chi connectivity index (χ0v) is 8.78. The summed E-state index contributed by atoms with van der Waals surface area (Å²) in [5.41, 5.74) is 6.19. The van der Waals surface area contributed by atoms with E-state index in [1.807, 2.05) is 0 Å². The van der Waals surface area contributed by atoms with Crippen LogP contribution >= 0.6 is 0 Å². The number of hydrogen-bond acceptors (Lipinski definition) is 1. The normalized spacial score (nSPS) is 14.2. The van der Waals surface area contributed by atoms with Gasteiger partial charge in [-0.25, -0.2) is 0 Å². The SMILES string of the molecule is CC(C)(C)[C](CN)C(C)(C)C. The molecule has 2 N–H and O–H groups in total. The Hall–Kier alpha value is -0.0400. The second-order valence-corrected chi connectivity index (χ2v) is 5.18. The van der Waals surface area contributed by atoms with Crippen LogP contribution in [0.1, 0.15) is 41.5 Å². The standard InChI is InChI=1S/C10H22N/c1-9(2,3)8(7-11)10(4,5)6/h7,11H2,1-6H3. The molecule has 0 aromatic rings. The highest BCUT2D eigenvalue weighted by molar-refractivity contribution is 5.09. The number of hydrogen-bond donors (Lipinski definition) is 1. The Morgan fingerprint density at radius 2 is 1.18 bits per heavy atom. The Morgan fingerprint density at radius 3 is 1.18 bits per heavy atom. The maximum Gasteiger partial charge on any atom is 0.0000844 e. The first kappa shape index (κ1) is 11.0. The van der Waals surface area contributed by atoms with Crippen LogP contribution in [-0.2, 0) is 0 Å². The summed E-state index contributed by atoms with van der Waals surface area (Å²) >= 11 is 0. The van der Waals surface area contributed by atoms with E-state index in [0.29, 0.717) is 6.54 Å². The highest BCUT2D eigenvalue weighted by Gasteiger charge is 2.33. The first-order valence-corrected chi connectivity index (χ1v) is 4.26. The average molecular weight is 156 g/mol. The van der Waals surface area contributed by atoms with Crippen LogP contribution in [0.25, 0.3) is 0 Å². The van der Waals surface area contributed by atoms with Crippen LogP contribution < -0.4 is 5.73 Å². The molecule has 1 heteroatoms. The molecular formula is C10H22N. The largest absolute Gasteiger partial charge is 0.330 e. The van der Waals surface area contributed by atoms with Crippen LogP contribution in [0.5, 0.6) is 0 Å². The molecule has 0 fully saturated rings. The van der Waals surface area contributed by atoms with Crippen molar-refractivity contribution in [3.63, 3.8) is 0 Å². The van der Waals surface area contributed by atoms with Crippen LogP contribution in [0, 0.1) is 16.7 Å². The summed E-state index contributed by atoms with van der Waals surface area (Å²) in [6.45, 7) is 14.0. The van der Waals surface area contributed by atoms with E-state index in [2.05, 4.69) is 41.5 Å². The van der Waals surface area contributed by atoms with Gasteiger partial charge in [0, 0.05) is 5.92 Å². The van der Waals surface area contributed by atoms with E-state index in [0.717, 1.165) is 0 Å². The third-order valence-electron chi connectivity index (χ3n) is 2.01.